The van der Waals surface area contributed by atoms with Crippen LogP contribution in [-0.2, 0) is 0 Å². The molecule has 1 atom stereocenters. The van der Waals surface area contributed by atoms with E-state index >= 15 is 0 Å². The van der Waals surface area contributed by atoms with Gasteiger partial charge in [-0.3, -0.25) is 9.69 Å². The molecule has 0 radical (unpaired) electrons. The number of fused-ring (bicyclic) bond motifs is 3. The molecule has 1 aromatic heterocycles. The van der Waals surface area contributed by atoms with Crippen molar-refractivity contribution in [1.29, 1.82) is 0 Å². The summed E-state index contributed by atoms with van der Waals surface area (Å²) >= 11 is 7.77. The standard InChI is InChI=1S/C20H23ClN2O2S/c1-2-25-16-14(21)4-3-13-11-15(26-17(13)16)19(24)22-18-12-5-9-23(10-6-12)20(18)7-8-20/h3-4,11-12,18H,2,5-10H2,1H3,(H,22,24)/t18-/m1/s1. The number of nitrogens with one attached hydrogen (secondary N) is 1. The van der Waals surface area contributed by atoms with E-state index in [9.17, 15) is 4.79 Å². The molecule has 26 heavy (non-hydrogen) atoms. The Balaban J connectivity index is 1.43. The van der Waals surface area contributed by atoms with E-state index in [1.807, 2.05) is 25.1 Å². The van der Waals surface area contributed by atoms with E-state index in [1.165, 1.54) is 50.1 Å². The fourth-order valence-corrected chi connectivity index (χ4v) is 6.31. The molecule has 1 aromatic carbocycles. The predicted molar refractivity (Wildman–Crippen MR) is 106 cm³/mol. The molecule has 1 spiro atoms. The lowest BCUT2D eigenvalue weighted by molar-refractivity contribution is -0.00138. The summed E-state index contributed by atoms with van der Waals surface area (Å²) in [6.45, 7) is 4.91. The summed E-state index contributed by atoms with van der Waals surface area (Å²) in [5, 5.41) is 5.02. The lowest BCUT2D eigenvalue weighted by Crippen LogP contribution is -2.65. The van der Waals surface area contributed by atoms with Gasteiger partial charge in [-0.25, -0.2) is 0 Å². The van der Waals surface area contributed by atoms with Crippen LogP contribution in [-0.4, -0.2) is 42.1 Å². The monoisotopic (exact) mass is 390 g/mol. The van der Waals surface area contributed by atoms with Crippen LogP contribution in [0, 0.1) is 5.92 Å². The van der Waals surface area contributed by atoms with E-state index in [0.717, 1.165) is 15.0 Å². The third kappa shape index (κ3) is 2.48. The maximum absolute atomic E-state index is 13.0. The summed E-state index contributed by atoms with van der Waals surface area (Å²) in [6, 6.07) is 6.08. The van der Waals surface area contributed by atoms with Crippen LogP contribution in [0.3, 0.4) is 0 Å². The minimum absolute atomic E-state index is 0.0507. The topological polar surface area (TPSA) is 41.6 Å². The number of ether oxygens (including phenoxy) is 1. The van der Waals surface area contributed by atoms with Crippen molar-refractivity contribution in [3.63, 3.8) is 0 Å². The Hall–Kier alpha value is -1.30. The second kappa shape index (κ2) is 6.11. The van der Waals surface area contributed by atoms with Gasteiger partial charge in [0.1, 0.15) is 0 Å². The number of benzene rings is 1. The maximum atomic E-state index is 13.0. The van der Waals surface area contributed by atoms with Gasteiger partial charge in [-0.05, 0) is 69.1 Å². The number of rotatable bonds is 4. The molecule has 1 N–H and O–H groups in total. The van der Waals surface area contributed by atoms with Gasteiger partial charge in [0, 0.05) is 5.54 Å². The van der Waals surface area contributed by atoms with Crippen molar-refractivity contribution in [3.8, 4) is 5.75 Å². The van der Waals surface area contributed by atoms with Gasteiger partial charge < -0.3 is 10.1 Å². The molecule has 3 saturated heterocycles. The number of halogens is 1. The van der Waals surface area contributed by atoms with E-state index in [2.05, 4.69) is 10.2 Å². The molecular formula is C20H23ClN2O2S. The van der Waals surface area contributed by atoms with Crippen molar-refractivity contribution < 1.29 is 9.53 Å². The first-order valence-electron chi connectivity index (χ1n) is 9.53. The van der Waals surface area contributed by atoms with E-state index < -0.39 is 0 Å². The number of carbonyl (C=O) groups is 1. The third-order valence-corrected chi connectivity index (χ3v) is 7.82. The molecule has 138 valence electrons. The second-order valence-electron chi connectivity index (χ2n) is 7.72. The fourth-order valence-electron chi connectivity index (χ4n) is 4.98. The summed E-state index contributed by atoms with van der Waals surface area (Å²) in [6.07, 6.45) is 4.88. The average molecular weight is 391 g/mol. The average Bonchev–Trinajstić information content (AvgIpc) is 3.30. The van der Waals surface area contributed by atoms with Gasteiger partial charge in [0.25, 0.3) is 5.91 Å². The fraction of sp³-hybridized carbons (Fsp3) is 0.550. The Morgan fingerprint density at radius 1 is 1.38 bits per heavy atom. The molecule has 0 unspecified atom stereocenters. The number of amides is 1. The van der Waals surface area contributed by atoms with Gasteiger partial charge in [0.2, 0.25) is 0 Å². The summed E-state index contributed by atoms with van der Waals surface area (Å²) < 4.78 is 6.67. The van der Waals surface area contributed by atoms with Crippen LogP contribution < -0.4 is 10.1 Å². The molecule has 4 aliphatic rings. The quantitative estimate of drug-likeness (QED) is 0.845. The Kier molecular flexibility index (Phi) is 3.96. The number of carbonyl (C=O) groups excluding carboxylic acids is 1. The SMILES string of the molecule is CCOc1c(Cl)ccc2cc(C(=O)N[C@@H]3C4CCN(CC4)C34CC4)sc12. The second-order valence-corrected chi connectivity index (χ2v) is 9.18. The molecule has 1 saturated carbocycles. The highest BCUT2D eigenvalue weighted by molar-refractivity contribution is 7.21. The normalized spacial score (nSPS) is 28.5. The molecule has 1 amide bonds. The predicted octanol–water partition coefficient (Wildman–Crippen LogP) is 4.31. The lowest BCUT2D eigenvalue weighted by Gasteiger charge is -2.52. The molecular weight excluding hydrogens is 368 g/mol. The molecule has 2 aromatic rings. The first-order chi connectivity index (χ1) is 12.6. The number of piperidine rings is 3. The lowest BCUT2D eigenvalue weighted by atomic mass is 9.77. The number of hydrogen-bond acceptors (Lipinski definition) is 4. The van der Waals surface area contributed by atoms with Crippen molar-refractivity contribution in [3.05, 3.63) is 28.1 Å². The Morgan fingerprint density at radius 2 is 2.15 bits per heavy atom. The zero-order valence-corrected chi connectivity index (χ0v) is 16.5. The van der Waals surface area contributed by atoms with Crippen LogP contribution in [0.4, 0.5) is 0 Å². The van der Waals surface area contributed by atoms with Crippen molar-refractivity contribution in [2.24, 2.45) is 5.92 Å². The summed E-state index contributed by atoms with van der Waals surface area (Å²) in [5.74, 6) is 1.38. The van der Waals surface area contributed by atoms with Crippen molar-refractivity contribution >= 4 is 38.9 Å². The van der Waals surface area contributed by atoms with Crippen LogP contribution in [0.1, 0.15) is 42.3 Å². The van der Waals surface area contributed by atoms with Crippen LogP contribution in [0.5, 0.6) is 5.75 Å². The highest BCUT2D eigenvalue weighted by Gasteiger charge is 2.60. The minimum atomic E-state index is 0.0507. The van der Waals surface area contributed by atoms with Gasteiger partial charge in [0.05, 0.1) is 27.2 Å². The van der Waals surface area contributed by atoms with E-state index in [1.54, 1.807) is 0 Å². The first kappa shape index (κ1) is 16.8. The summed E-state index contributed by atoms with van der Waals surface area (Å²) in [5.41, 5.74) is 0.257. The Bertz CT molecular complexity index is 868. The zero-order valence-electron chi connectivity index (χ0n) is 14.9. The van der Waals surface area contributed by atoms with E-state index in [-0.39, 0.29) is 11.4 Å². The summed E-state index contributed by atoms with van der Waals surface area (Å²) in [4.78, 5) is 16.4. The molecule has 4 heterocycles. The van der Waals surface area contributed by atoms with Crippen LogP contribution in [0.2, 0.25) is 5.02 Å². The van der Waals surface area contributed by atoms with E-state index in [4.69, 9.17) is 16.3 Å². The van der Waals surface area contributed by atoms with E-state index in [0.29, 0.717) is 29.3 Å². The van der Waals surface area contributed by atoms with Crippen LogP contribution in [0.25, 0.3) is 10.1 Å². The number of thiophene rings is 1. The highest BCUT2D eigenvalue weighted by atomic mass is 35.5. The highest BCUT2D eigenvalue weighted by Crippen LogP contribution is 2.53. The smallest absolute Gasteiger partial charge is 0.261 e. The van der Waals surface area contributed by atoms with Crippen LogP contribution >= 0.6 is 22.9 Å². The Morgan fingerprint density at radius 3 is 2.85 bits per heavy atom. The first-order valence-corrected chi connectivity index (χ1v) is 10.7. The third-order valence-electron chi connectivity index (χ3n) is 6.37. The largest absolute Gasteiger partial charge is 0.491 e. The molecule has 6 rings (SSSR count). The number of nitrogens with zero attached hydrogens (tertiary/aromatic N) is 1. The van der Waals surface area contributed by atoms with Gasteiger partial charge in [0.15, 0.2) is 5.75 Å². The van der Waals surface area contributed by atoms with Gasteiger partial charge in [-0.15, -0.1) is 11.3 Å². The minimum Gasteiger partial charge on any atom is -0.491 e. The maximum Gasteiger partial charge on any atom is 0.261 e. The molecule has 2 bridgehead atoms. The molecule has 1 aliphatic carbocycles. The Labute approximate surface area is 162 Å². The molecule has 4 nitrogen and oxygen atoms in total. The van der Waals surface area contributed by atoms with Crippen molar-refractivity contribution in [2.45, 2.75) is 44.2 Å². The van der Waals surface area contributed by atoms with Crippen molar-refractivity contribution in [1.82, 2.24) is 10.2 Å². The van der Waals surface area contributed by atoms with Crippen LogP contribution in [0.15, 0.2) is 18.2 Å². The zero-order chi connectivity index (χ0) is 17.9. The van der Waals surface area contributed by atoms with Crippen molar-refractivity contribution in [2.75, 3.05) is 19.7 Å². The van der Waals surface area contributed by atoms with Gasteiger partial charge in [-0.1, -0.05) is 17.7 Å². The summed E-state index contributed by atoms with van der Waals surface area (Å²) in [7, 11) is 0. The molecule has 6 heteroatoms. The molecule has 3 aliphatic heterocycles. The van der Waals surface area contributed by atoms with Gasteiger partial charge in [-0.2, -0.15) is 0 Å². The van der Waals surface area contributed by atoms with Gasteiger partial charge >= 0.3 is 0 Å². The molecule has 4 fully saturated rings. The number of hydrogen-bond donors (Lipinski definition) is 1.